The van der Waals surface area contributed by atoms with Crippen molar-refractivity contribution >= 4 is 11.9 Å². The number of carbonyl (C=O) groups is 2. The molecule has 2 unspecified atom stereocenters. The van der Waals surface area contributed by atoms with Crippen LogP contribution in [0.3, 0.4) is 0 Å². The van der Waals surface area contributed by atoms with Crippen LogP contribution in [0.4, 0.5) is 26.3 Å². The van der Waals surface area contributed by atoms with Crippen LogP contribution < -0.4 is 5.32 Å². The fraction of sp³-hybridized carbons (Fsp3) is 0.641. The number of carboxylic acids is 1. The van der Waals surface area contributed by atoms with Crippen LogP contribution >= 0.6 is 0 Å². The van der Waals surface area contributed by atoms with Gasteiger partial charge in [0, 0.05) is 37.8 Å². The fourth-order valence-electron chi connectivity index (χ4n) is 6.09. The van der Waals surface area contributed by atoms with Gasteiger partial charge in [0.1, 0.15) is 0 Å². The summed E-state index contributed by atoms with van der Waals surface area (Å²) in [5.41, 5.74) is -6.39. The van der Waals surface area contributed by atoms with Gasteiger partial charge in [0.2, 0.25) is 0 Å². The SMILES string of the molecule is CC(O)(c1ccc(C(=O)O)cc1)C(F)(F)F.CN(C(=O)c1ccc(C(C)(O)C(F)(F)F)cc1)C1CCCCC1.CN1CCOCC1.CNC1CCCCC1. The van der Waals surface area contributed by atoms with Gasteiger partial charge >= 0.3 is 18.3 Å². The van der Waals surface area contributed by atoms with E-state index in [1.807, 2.05) is 0 Å². The van der Waals surface area contributed by atoms with Gasteiger partial charge in [-0.25, -0.2) is 4.79 Å². The summed E-state index contributed by atoms with van der Waals surface area (Å²) in [7, 11) is 5.91. The quantitative estimate of drug-likeness (QED) is 0.223. The molecule has 2 aromatic carbocycles. The van der Waals surface area contributed by atoms with Crippen LogP contribution in [0.15, 0.2) is 48.5 Å². The summed E-state index contributed by atoms with van der Waals surface area (Å²) < 4.78 is 80.8. The number of nitrogens with one attached hydrogen (secondary N) is 1. The molecule has 1 heterocycles. The summed E-state index contributed by atoms with van der Waals surface area (Å²) in [4.78, 5) is 26.9. The van der Waals surface area contributed by atoms with E-state index in [-0.39, 0.29) is 23.1 Å². The number of amides is 1. The van der Waals surface area contributed by atoms with Crippen molar-refractivity contribution in [2.45, 2.75) is 114 Å². The Morgan fingerprint density at radius 2 is 1.11 bits per heavy atom. The molecule has 54 heavy (non-hydrogen) atoms. The van der Waals surface area contributed by atoms with E-state index in [9.17, 15) is 46.1 Å². The average molecular weight is 778 g/mol. The first-order valence-corrected chi connectivity index (χ1v) is 18.4. The number of aliphatic hydroxyl groups is 2. The molecule has 15 heteroatoms. The number of hydrogen-bond acceptors (Lipinski definition) is 7. The van der Waals surface area contributed by atoms with Crippen molar-refractivity contribution in [2.75, 3.05) is 47.4 Å². The summed E-state index contributed by atoms with van der Waals surface area (Å²) in [5, 5.41) is 30.8. The highest BCUT2D eigenvalue weighted by Crippen LogP contribution is 2.39. The number of aromatic carboxylic acids is 1. The highest BCUT2D eigenvalue weighted by atomic mass is 19.4. The number of alkyl halides is 6. The summed E-state index contributed by atoms with van der Waals surface area (Å²) >= 11 is 0. The molecule has 1 aliphatic heterocycles. The predicted molar refractivity (Wildman–Crippen MR) is 194 cm³/mol. The van der Waals surface area contributed by atoms with Gasteiger partial charge in [0.15, 0.2) is 11.2 Å². The normalized spacial score (nSPS) is 19.6. The molecule has 1 saturated heterocycles. The minimum Gasteiger partial charge on any atom is -0.478 e. The number of ether oxygens (including phenoxy) is 1. The van der Waals surface area contributed by atoms with Gasteiger partial charge in [0.25, 0.3) is 5.91 Å². The maximum Gasteiger partial charge on any atom is 0.421 e. The molecule has 306 valence electrons. The molecule has 1 amide bonds. The summed E-state index contributed by atoms with van der Waals surface area (Å²) in [5.74, 6) is -1.44. The second-order valence-electron chi connectivity index (χ2n) is 14.3. The Kier molecular flexibility index (Phi) is 18.4. The summed E-state index contributed by atoms with van der Waals surface area (Å²) in [6.45, 7) is 5.34. The zero-order valence-corrected chi connectivity index (χ0v) is 31.9. The number of hydrogen-bond donors (Lipinski definition) is 4. The maximum atomic E-state index is 12.8. The minimum absolute atomic E-state index is 0.137. The van der Waals surface area contributed by atoms with Gasteiger partial charge in [-0.15, -0.1) is 0 Å². The highest BCUT2D eigenvalue weighted by Gasteiger charge is 2.52. The van der Waals surface area contributed by atoms with Gasteiger partial charge < -0.3 is 35.2 Å². The number of carbonyl (C=O) groups excluding carboxylic acids is 1. The second kappa shape index (κ2) is 21.2. The van der Waals surface area contributed by atoms with Crippen molar-refractivity contribution in [3.8, 4) is 0 Å². The lowest BCUT2D eigenvalue weighted by molar-refractivity contribution is -0.259. The van der Waals surface area contributed by atoms with Crippen LogP contribution in [0.5, 0.6) is 0 Å². The Morgan fingerprint density at radius 1 is 0.722 bits per heavy atom. The molecule has 5 rings (SSSR count). The number of likely N-dealkylation sites (N-methyl/N-ethyl adjacent to an activating group) is 1. The molecule has 3 fully saturated rings. The Hall–Kier alpha value is -3.24. The molecule has 4 N–H and O–H groups in total. The van der Waals surface area contributed by atoms with E-state index < -0.39 is 35.1 Å². The number of carboxylic acid groups (broad SMARTS) is 1. The van der Waals surface area contributed by atoms with Crippen LogP contribution in [0.1, 0.15) is 110 Å². The molecule has 0 bridgehead atoms. The lowest BCUT2D eigenvalue weighted by atomic mass is 9.93. The first-order valence-electron chi connectivity index (χ1n) is 18.4. The van der Waals surface area contributed by atoms with Crippen molar-refractivity contribution in [3.05, 3.63) is 70.8 Å². The van der Waals surface area contributed by atoms with Gasteiger partial charge in [-0.05, 0) is 89.0 Å². The Bertz CT molecular complexity index is 1400. The first-order chi connectivity index (χ1) is 25.1. The molecule has 0 radical (unpaired) electrons. The largest absolute Gasteiger partial charge is 0.478 e. The van der Waals surface area contributed by atoms with E-state index in [1.54, 1.807) is 11.9 Å². The van der Waals surface area contributed by atoms with Crippen LogP contribution in [0.2, 0.25) is 0 Å². The Balaban J connectivity index is 0.000000278. The molecular weight excluding hydrogens is 720 g/mol. The van der Waals surface area contributed by atoms with E-state index in [4.69, 9.17) is 9.84 Å². The maximum absolute atomic E-state index is 12.8. The Morgan fingerprint density at radius 3 is 1.43 bits per heavy atom. The van der Waals surface area contributed by atoms with Crippen LogP contribution in [0.25, 0.3) is 0 Å². The van der Waals surface area contributed by atoms with Crippen LogP contribution in [-0.2, 0) is 15.9 Å². The van der Waals surface area contributed by atoms with E-state index in [0.29, 0.717) is 19.4 Å². The van der Waals surface area contributed by atoms with Crippen molar-refractivity contribution in [3.63, 3.8) is 0 Å². The highest BCUT2D eigenvalue weighted by molar-refractivity contribution is 5.94. The third-order valence-corrected chi connectivity index (χ3v) is 10.2. The zero-order valence-electron chi connectivity index (χ0n) is 31.9. The van der Waals surface area contributed by atoms with Gasteiger partial charge in [0.05, 0.1) is 18.8 Å². The average Bonchev–Trinajstić information content (AvgIpc) is 3.15. The second-order valence-corrected chi connectivity index (χ2v) is 14.3. The molecule has 2 saturated carbocycles. The van der Waals surface area contributed by atoms with Gasteiger partial charge in [-0.2, -0.15) is 26.3 Å². The van der Waals surface area contributed by atoms with Crippen molar-refractivity contribution in [2.24, 2.45) is 0 Å². The van der Waals surface area contributed by atoms with Gasteiger partial charge in [-0.3, -0.25) is 4.79 Å². The monoisotopic (exact) mass is 777 g/mol. The minimum atomic E-state index is -4.81. The predicted octanol–water partition coefficient (Wildman–Crippen LogP) is 7.50. The molecule has 0 spiro atoms. The number of nitrogens with zero attached hydrogens (tertiary/aromatic N) is 2. The molecular formula is C39H57F6N3O6. The molecule has 2 aromatic rings. The first kappa shape index (κ1) is 46.9. The van der Waals surface area contributed by atoms with E-state index in [0.717, 1.165) is 94.4 Å². The molecule has 3 aliphatic rings. The summed E-state index contributed by atoms with van der Waals surface area (Å²) in [6, 6.07) is 9.95. The van der Waals surface area contributed by atoms with E-state index >= 15 is 0 Å². The van der Waals surface area contributed by atoms with Gasteiger partial charge in [-0.1, -0.05) is 62.8 Å². The Labute approximate surface area is 314 Å². The smallest absolute Gasteiger partial charge is 0.421 e. The number of benzene rings is 2. The lowest BCUT2D eigenvalue weighted by Gasteiger charge is -2.31. The topological polar surface area (TPSA) is 123 Å². The number of halogens is 6. The molecule has 9 nitrogen and oxygen atoms in total. The third kappa shape index (κ3) is 14.1. The standard InChI is InChI=1S/C17H22F3NO2.C10H9F3O3.C7H15N.C5H11NO/c1-16(23,17(18,19)20)13-10-8-12(9-11-13)15(22)21(2)14-6-4-3-5-7-14;1-9(16,10(11,12)13)7-4-2-6(3-5-7)8(14)15;1-8-7-5-3-2-4-6-7;1-6-2-4-7-5-3-6/h8-11,14,23H,3-7H2,1-2H3;2-5,16H,1H3,(H,14,15);7-8H,2-6H2,1H3;2-5H2,1H3. The van der Waals surface area contributed by atoms with Crippen molar-refractivity contribution < 1.29 is 56.0 Å². The van der Waals surface area contributed by atoms with E-state index in [2.05, 4.69) is 24.3 Å². The zero-order chi connectivity index (χ0) is 40.7. The molecule has 2 aliphatic carbocycles. The van der Waals surface area contributed by atoms with Crippen LogP contribution in [-0.4, -0.2) is 109 Å². The lowest BCUT2D eigenvalue weighted by Crippen LogP contribution is -2.39. The van der Waals surface area contributed by atoms with E-state index in [1.165, 1.54) is 50.7 Å². The third-order valence-electron chi connectivity index (χ3n) is 10.2. The fourth-order valence-corrected chi connectivity index (χ4v) is 6.09. The van der Waals surface area contributed by atoms with Crippen LogP contribution in [0, 0.1) is 0 Å². The number of morpholine rings is 1. The van der Waals surface area contributed by atoms with Crippen molar-refractivity contribution in [1.82, 2.24) is 15.1 Å². The van der Waals surface area contributed by atoms with Crippen molar-refractivity contribution in [1.29, 1.82) is 0 Å². The summed E-state index contributed by atoms with van der Waals surface area (Å²) in [6.07, 6.45) is 2.84. The number of rotatable bonds is 6. The molecule has 2 atom stereocenters. The molecule has 0 aromatic heterocycles.